The minimum atomic E-state index is -3.48. The van der Waals surface area contributed by atoms with Gasteiger partial charge in [-0.05, 0) is 36.6 Å². The normalized spacial score (nSPS) is 22.8. The molecule has 0 aliphatic carbocycles. The number of amides is 1. The monoisotopic (exact) mass is 489 g/mol. The van der Waals surface area contributed by atoms with Crippen molar-refractivity contribution in [3.05, 3.63) is 59.7 Å². The van der Waals surface area contributed by atoms with Crippen LogP contribution in [0.2, 0.25) is 0 Å². The molecule has 2 aromatic rings. The average molecular weight is 490 g/mol. The molecule has 0 aromatic heterocycles. The van der Waals surface area contributed by atoms with Gasteiger partial charge in [0.25, 0.3) is 5.91 Å². The van der Waals surface area contributed by atoms with Gasteiger partial charge in [-0.2, -0.15) is 0 Å². The van der Waals surface area contributed by atoms with E-state index in [0.29, 0.717) is 30.2 Å². The number of nitrogens with zero attached hydrogens (tertiary/aromatic N) is 2. The molecular formula is C25H35N3O5S. The van der Waals surface area contributed by atoms with Gasteiger partial charge < -0.3 is 14.4 Å². The number of fused-ring (bicyclic) bond motifs is 1. The molecular weight excluding hydrogens is 454 g/mol. The lowest BCUT2D eigenvalue weighted by atomic mass is 10.0. The first-order chi connectivity index (χ1) is 16.1. The fraction of sp³-hybridized carbons (Fsp3) is 0.480. The van der Waals surface area contributed by atoms with Gasteiger partial charge in [0.2, 0.25) is 10.0 Å². The van der Waals surface area contributed by atoms with Crippen molar-refractivity contribution >= 4 is 21.6 Å². The zero-order valence-electron chi connectivity index (χ0n) is 20.5. The zero-order chi connectivity index (χ0) is 24.9. The number of ether oxygens (including phenoxy) is 2. The number of likely N-dealkylation sites (N-methyl/N-ethyl adjacent to an activating group) is 1. The van der Waals surface area contributed by atoms with E-state index in [1.54, 1.807) is 31.2 Å². The molecule has 0 saturated heterocycles. The van der Waals surface area contributed by atoms with Crippen LogP contribution in [-0.4, -0.2) is 76.4 Å². The number of carbonyl (C=O) groups is 1. The average Bonchev–Trinajstić information content (AvgIpc) is 2.79. The Labute approximate surface area is 202 Å². The van der Waals surface area contributed by atoms with Gasteiger partial charge in [-0.3, -0.25) is 14.4 Å². The van der Waals surface area contributed by atoms with Crippen molar-refractivity contribution in [3.63, 3.8) is 0 Å². The molecule has 0 fully saturated rings. The van der Waals surface area contributed by atoms with E-state index in [-0.39, 0.29) is 24.0 Å². The van der Waals surface area contributed by atoms with Crippen molar-refractivity contribution in [2.45, 2.75) is 32.5 Å². The molecule has 1 aliphatic heterocycles. The summed E-state index contributed by atoms with van der Waals surface area (Å²) in [6, 6.07) is 15.1. The Kier molecular flexibility index (Phi) is 8.57. The van der Waals surface area contributed by atoms with Crippen molar-refractivity contribution in [2.75, 3.05) is 44.8 Å². The second-order valence-corrected chi connectivity index (χ2v) is 10.8. The van der Waals surface area contributed by atoms with Crippen LogP contribution in [0.1, 0.15) is 29.8 Å². The van der Waals surface area contributed by atoms with Crippen LogP contribution >= 0.6 is 0 Å². The summed E-state index contributed by atoms with van der Waals surface area (Å²) in [5, 5.41) is 0. The van der Waals surface area contributed by atoms with E-state index in [9.17, 15) is 13.2 Å². The van der Waals surface area contributed by atoms with Gasteiger partial charge in [0, 0.05) is 45.5 Å². The molecule has 1 amide bonds. The largest absolute Gasteiger partial charge is 0.491 e. The van der Waals surface area contributed by atoms with Crippen molar-refractivity contribution in [3.8, 4) is 5.75 Å². The molecule has 0 bridgehead atoms. The molecule has 0 radical (unpaired) electrons. The van der Waals surface area contributed by atoms with Crippen LogP contribution in [0.4, 0.5) is 5.69 Å². The summed E-state index contributed by atoms with van der Waals surface area (Å²) in [4.78, 5) is 17.3. The van der Waals surface area contributed by atoms with Gasteiger partial charge in [0.05, 0.1) is 17.9 Å². The number of sulfonamides is 1. The first-order valence-corrected chi connectivity index (χ1v) is 13.3. The van der Waals surface area contributed by atoms with Gasteiger partial charge >= 0.3 is 0 Å². The van der Waals surface area contributed by atoms with E-state index in [4.69, 9.17) is 9.47 Å². The third-order valence-electron chi connectivity index (χ3n) is 6.11. The molecule has 3 rings (SSSR count). The van der Waals surface area contributed by atoms with Gasteiger partial charge in [0.1, 0.15) is 12.4 Å². The molecule has 0 unspecified atom stereocenters. The third kappa shape index (κ3) is 6.94. The Morgan fingerprint density at radius 3 is 2.47 bits per heavy atom. The van der Waals surface area contributed by atoms with E-state index in [2.05, 4.69) is 35.6 Å². The first-order valence-electron chi connectivity index (χ1n) is 11.4. The van der Waals surface area contributed by atoms with Crippen LogP contribution < -0.4 is 9.46 Å². The van der Waals surface area contributed by atoms with Crippen LogP contribution in [-0.2, 0) is 21.3 Å². The molecule has 9 heteroatoms. The lowest BCUT2D eigenvalue weighted by molar-refractivity contribution is 0.00922. The molecule has 3 atom stereocenters. The molecule has 0 saturated carbocycles. The zero-order valence-corrected chi connectivity index (χ0v) is 21.3. The lowest BCUT2D eigenvalue weighted by Gasteiger charge is -2.36. The van der Waals surface area contributed by atoms with Gasteiger partial charge in [-0.15, -0.1) is 0 Å². The minimum absolute atomic E-state index is 0.0640. The Bertz CT molecular complexity index is 1080. The maximum absolute atomic E-state index is 13.3. The third-order valence-corrected chi connectivity index (χ3v) is 6.71. The number of anilines is 1. The summed E-state index contributed by atoms with van der Waals surface area (Å²) in [5.41, 5.74) is 1.84. The molecule has 34 heavy (non-hydrogen) atoms. The Morgan fingerprint density at radius 2 is 1.82 bits per heavy atom. The van der Waals surface area contributed by atoms with Crippen LogP contribution in [0.5, 0.6) is 5.75 Å². The number of hydrogen-bond donors (Lipinski definition) is 1. The van der Waals surface area contributed by atoms with E-state index in [1.165, 1.54) is 11.6 Å². The van der Waals surface area contributed by atoms with Crippen molar-refractivity contribution < 1.29 is 22.7 Å². The number of carbonyl (C=O) groups excluding carboxylic acids is 1. The van der Waals surface area contributed by atoms with E-state index < -0.39 is 10.0 Å². The number of rotatable bonds is 5. The minimum Gasteiger partial charge on any atom is -0.491 e. The number of methoxy groups -OCH3 is 1. The number of benzene rings is 2. The molecule has 8 nitrogen and oxygen atoms in total. The van der Waals surface area contributed by atoms with Crippen LogP contribution in [0.15, 0.2) is 48.5 Å². The summed E-state index contributed by atoms with van der Waals surface area (Å²) in [6.07, 6.45) is 0.908. The topological polar surface area (TPSA) is 88.2 Å². The van der Waals surface area contributed by atoms with Crippen molar-refractivity contribution in [2.24, 2.45) is 5.92 Å². The molecule has 186 valence electrons. The van der Waals surface area contributed by atoms with E-state index in [0.717, 1.165) is 19.3 Å². The quantitative estimate of drug-likeness (QED) is 0.695. The SMILES string of the molecule is CO[C@H]1CN(C)C(=O)c2cc(NS(C)(=O)=O)ccc2OC[C@H](C)N(Cc2ccccc2)C[C@@H]1C. The number of nitrogens with one attached hydrogen (secondary N) is 1. The summed E-state index contributed by atoms with van der Waals surface area (Å²) in [5.74, 6) is 0.323. The highest BCUT2D eigenvalue weighted by Crippen LogP contribution is 2.27. The predicted molar refractivity (Wildman–Crippen MR) is 134 cm³/mol. The van der Waals surface area contributed by atoms with E-state index >= 15 is 0 Å². The summed E-state index contributed by atoms with van der Waals surface area (Å²) in [6.45, 7) is 6.56. The lowest BCUT2D eigenvalue weighted by Crippen LogP contribution is -2.46. The van der Waals surface area contributed by atoms with Gasteiger partial charge in [-0.25, -0.2) is 8.42 Å². The Morgan fingerprint density at radius 1 is 1.12 bits per heavy atom. The Balaban J connectivity index is 1.96. The van der Waals surface area contributed by atoms with Crippen LogP contribution in [0.3, 0.4) is 0 Å². The summed E-state index contributed by atoms with van der Waals surface area (Å²) >= 11 is 0. The maximum atomic E-state index is 13.3. The highest BCUT2D eigenvalue weighted by atomic mass is 32.2. The number of hydrogen-bond acceptors (Lipinski definition) is 6. The summed E-state index contributed by atoms with van der Waals surface area (Å²) in [7, 11) is -0.0949. The molecule has 2 aromatic carbocycles. The summed E-state index contributed by atoms with van der Waals surface area (Å²) < 4.78 is 37.8. The fourth-order valence-electron chi connectivity index (χ4n) is 4.17. The van der Waals surface area contributed by atoms with E-state index in [1.807, 2.05) is 18.2 Å². The highest BCUT2D eigenvalue weighted by Gasteiger charge is 2.28. The van der Waals surface area contributed by atoms with Gasteiger partial charge in [0.15, 0.2) is 0 Å². The molecule has 1 aliphatic rings. The molecule has 0 spiro atoms. The Hall–Kier alpha value is -2.62. The fourth-order valence-corrected chi connectivity index (χ4v) is 4.72. The van der Waals surface area contributed by atoms with Crippen molar-refractivity contribution in [1.82, 2.24) is 9.80 Å². The van der Waals surface area contributed by atoms with Crippen LogP contribution in [0.25, 0.3) is 0 Å². The van der Waals surface area contributed by atoms with Crippen molar-refractivity contribution in [1.29, 1.82) is 0 Å². The second-order valence-electron chi connectivity index (χ2n) is 9.10. The van der Waals surface area contributed by atoms with Gasteiger partial charge in [-0.1, -0.05) is 37.3 Å². The predicted octanol–water partition coefficient (Wildman–Crippen LogP) is 3.06. The molecule has 1 heterocycles. The maximum Gasteiger partial charge on any atom is 0.257 e. The first kappa shape index (κ1) is 26.0. The molecule has 1 N–H and O–H groups in total. The highest BCUT2D eigenvalue weighted by molar-refractivity contribution is 7.92. The standard InChI is InChI=1S/C25H35N3O5S/c1-18-14-28(15-20-9-7-6-8-10-20)19(2)17-33-23-12-11-21(26-34(5,30)31)13-22(23)25(29)27(3)16-24(18)32-4/h6-13,18-19,24,26H,14-17H2,1-5H3/t18-,19-,24-/m0/s1. The van der Waals surface area contributed by atoms with Crippen LogP contribution in [0, 0.1) is 5.92 Å². The smallest absolute Gasteiger partial charge is 0.257 e. The second kappa shape index (κ2) is 11.2.